The summed E-state index contributed by atoms with van der Waals surface area (Å²) in [6, 6.07) is 0. The third-order valence-electron chi connectivity index (χ3n) is 7.94. The van der Waals surface area contributed by atoms with Crippen LogP contribution in [0.1, 0.15) is 79.1 Å². The smallest absolute Gasteiger partial charge is 0.0811 e. The third-order valence-corrected chi connectivity index (χ3v) is 7.94. The SMILES string of the molecule is C=C1/C(=C/C=C2\CCC[C@]3(C)[C@@H](C(C)OCCC(C)C)CC[C@@H]23)C[C@@H](O)C[C@@H]1O. The fourth-order valence-electron chi connectivity index (χ4n) is 6.12. The second-order valence-electron chi connectivity index (χ2n) is 10.4. The van der Waals surface area contributed by atoms with E-state index in [1.165, 1.54) is 25.7 Å². The summed E-state index contributed by atoms with van der Waals surface area (Å²) in [4.78, 5) is 0. The fraction of sp³-hybridized carbons (Fsp3) is 0.769. The zero-order chi connectivity index (χ0) is 21.2. The lowest BCUT2D eigenvalue weighted by Gasteiger charge is -2.44. The molecule has 0 aromatic rings. The molecular weight excluding hydrogens is 360 g/mol. The van der Waals surface area contributed by atoms with Crippen LogP contribution in [0, 0.1) is 23.2 Å². The minimum atomic E-state index is -0.611. The largest absolute Gasteiger partial charge is 0.393 e. The van der Waals surface area contributed by atoms with Crippen molar-refractivity contribution in [2.24, 2.45) is 23.2 Å². The summed E-state index contributed by atoms with van der Waals surface area (Å²) in [5, 5.41) is 20.1. The summed E-state index contributed by atoms with van der Waals surface area (Å²) < 4.78 is 6.28. The van der Waals surface area contributed by atoms with E-state index in [1.807, 2.05) is 0 Å². The van der Waals surface area contributed by atoms with Gasteiger partial charge in [0.15, 0.2) is 0 Å². The van der Waals surface area contributed by atoms with Crippen LogP contribution in [0.5, 0.6) is 0 Å². The summed E-state index contributed by atoms with van der Waals surface area (Å²) in [6.45, 7) is 14.2. The molecule has 164 valence electrons. The predicted molar refractivity (Wildman–Crippen MR) is 120 cm³/mol. The third kappa shape index (κ3) is 5.06. The van der Waals surface area contributed by atoms with Crippen LogP contribution in [0.4, 0.5) is 0 Å². The standard InChI is InChI=1S/C26H42O3/c1-17(2)12-14-29-19(4)23-10-11-24-20(7-6-13-26(23,24)5)8-9-21-15-22(27)16-25(28)18(21)3/h8-9,17,19,22-25,27-28H,3,6-7,10-16H2,1-2,4-5H3/b20-8+,21-9+/t19?,22-,23-,24+,25+,26-/m1/s1. The Bertz CT molecular complexity index is 646. The first-order valence-corrected chi connectivity index (χ1v) is 11.8. The Kier molecular flexibility index (Phi) is 7.46. The first kappa shape index (κ1) is 22.8. The number of rotatable bonds is 6. The van der Waals surface area contributed by atoms with Crippen LogP contribution in [0.15, 0.2) is 35.5 Å². The van der Waals surface area contributed by atoms with E-state index in [4.69, 9.17) is 4.74 Å². The van der Waals surface area contributed by atoms with Crippen molar-refractivity contribution in [1.29, 1.82) is 0 Å². The first-order chi connectivity index (χ1) is 13.7. The number of aliphatic hydroxyl groups excluding tert-OH is 2. The monoisotopic (exact) mass is 402 g/mol. The molecule has 3 aliphatic rings. The van der Waals surface area contributed by atoms with E-state index >= 15 is 0 Å². The minimum absolute atomic E-state index is 0.322. The molecule has 29 heavy (non-hydrogen) atoms. The van der Waals surface area contributed by atoms with Crippen LogP contribution >= 0.6 is 0 Å². The molecule has 0 aromatic heterocycles. The normalized spacial score (nSPS) is 39.3. The Morgan fingerprint density at radius 3 is 2.69 bits per heavy atom. The second-order valence-corrected chi connectivity index (χ2v) is 10.4. The van der Waals surface area contributed by atoms with Gasteiger partial charge in [-0.25, -0.2) is 0 Å². The highest BCUT2D eigenvalue weighted by Gasteiger charge is 2.51. The Hall–Kier alpha value is -0.900. The van der Waals surface area contributed by atoms with Gasteiger partial charge in [-0.1, -0.05) is 45.1 Å². The van der Waals surface area contributed by atoms with E-state index in [9.17, 15) is 10.2 Å². The maximum Gasteiger partial charge on any atom is 0.0811 e. The molecular formula is C26H42O3. The number of ether oxygens (including phenoxy) is 1. The molecule has 3 heteroatoms. The van der Waals surface area contributed by atoms with E-state index in [-0.39, 0.29) is 0 Å². The van der Waals surface area contributed by atoms with Gasteiger partial charge in [0.05, 0.1) is 18.3 Å². The van der Waals surface area contributed by atoms with Gasteiger partial charge >= 0.3 is 0 Å². The Labute approximate surface area is 177 Å². The molecule has 6 atom stereocenters. The molecule has 0 radical (unpaired) electrons. The van der Waals surface area contributed by atoms with Crippen LogP contribution < -0.4 is 0 Å². The van der Waals surface area contributed by atoms with Gasteiger partial charge in [-0.05, 0) is 86.2 Å². The van der Waals surface area contributed by atoms with Gasteiger partial charge in [-0.2, -0.15) is 0 Å². The van der Waals surface area contributed by atoms with Crippen molar-refractivity contribution in [2.45, 2.75) is 97.4 Å². The molecule has 0 heterocycles. The highest BCUT2D eigenvalue weighted by atomic mass is 16.5. The topological polar surface area (TPSA) is 49.7 Å². The van der Waals surface area contributed by atoms with Crippen LogP contribution in [0.2, 0.25) is 0 Å². The lowest BCUT2D eigenvalue weighted by molar-refractivity contribution is -0.0279. The van der Waals surface area contributed by atoms with Crippen molar-refractivity contribution >= 4 is 0 Å². The van der Waals surface area contributed by atoms with Crippen molar-refractivity contribution in [3.63, 3.8) is 0 Å². The predicted octanol–water partition coefficient (Wildman–Crippen LogP) is 5.58. The van der Waals surface area contributed by atoms with Crippen LogP contribution in [0.3, 0.4) is 0 Å². The number of allylic oxidation sites excluding steroid dienone is 3. The van der Waals surface area contributed by atoms with Crippen LogP contribution in [0.25, 0.3) is 0 Å². The second kappa shape index (κ2) is 9.49. The summed E-state index contributed by atoms with van der Waals surface area (Å²) >= 11 is 0. The molecule has 0 saturated heterocycles. The molecule has 0 aliphatic heterocycles. The maximum atomic E-state index is 10.1. The molecule has 3 fully saturated rings. The van der Waals surface area contributed by atoms with Gasteiger partial charge in [0.2, 0.25) is 0 Å². The van der Waals surface area contributed by atoms with Crippen molar-refractivity contribution in [1.82, 2.24) is 0 Å². The number of aliphatic hydroxyl groups is 2. The van der Waals surface area contributed by atoms with Gasteiger partial charge in [0.25, 0.3) is 0 Å². The molecule has 3 nitrogen and oxygen atoms in total. The molecule has 0 bridgehead atoms. The molecule has 3 rings (SSSR count). The summed E-state index contributed by atoms with van der Waals surface area (Å²) in [6.07, 6.45) is 12.0. The zero-order valence-corrected chi connectivity index (χ0v) is 19.0. The van der Waals surface area contributed by atoms with Crippen molar-refractivity contribution in [2.75, 3.05) is 6.61 Å². The first-order valence-electron chi connectivity index (χ1n) is 11.8. The molecule has 0 spiro atoms. The summed E-state index contributed by atoms with van der Waals surface area (Å²) in [5.74, 6) is 1.95. The quantitative estimate of drug-likeness (QED) is 0.610. The Morgan fingerprint density at radius 1 is 1.21 bits per heavy atom. The summed E-state index contributed by atoms with van der Waals surface area (Å²) in [5.41, 5.74) is 3.66. The van der Waals surface area contributed by atoms with Gasteiger partial charge < -0.3 is 14.9 Å². The molecule has 3 saturated carbocycles. The lowest BCUT2D eigenvalue weighted by Crippen LogP contribution is -2.38. The molecule has 0 aromatic carbocycles. The van der Waals surface area contributed by atoms with Gasteiger partial charge in [-0.15, -0.1) is 0 Å². The molecule has 2 N–H and O–H groups in total. The highest BCUT2D eigenvalue weighted by Crippen LogP contribution is 2.58. The number of hydrogen-bond acceptors (Lipinski definition) is 3. The van der Waals surface area contributed by atoms with Gasteiger partial charge in [0, 0.05) is 13.0 Å². The zero-order valence-electron chi connectivity index (χ0n) is 19.0. The van der Waals surface area contributed by atoms with E-state index in [2.05, 4.69) is 46.4 Å². The lowest BCUT2D eigenvalue weighted by atomic mass is 9.62. The summed E-state index contributed by atoms with van der Waals surface area (Å²) in [7, 11) is 0. The number of hydrogen-bond donors (Lipinski definition) is 2. The van der Waals surface area contributed by atoms with E-state index in [0.717, 1.165) is 30.6 Å². The molecule has 0 amide bonds. The van der Waals surface area contributed by atoms with Crippen molar-refractivity contribution in [3.05, 3.63) is 35.5 Å². The molecule has 1 unspecified atom stereocenters. The highest BCUT2D eigenvalue weighted by molar-refractivity contribution is 5.38. The average molecular weight is 403 g/mol. The Balaban J connectivity index is 1.71. The minimum Gasteiger partial charge on any atom is -0.393 e. The average Bonchev–Trinajstić information content (AvgIpc) is 3.00. The van der Waals surface area contributed by atoms with Crippen LogP contribution in [-0.2, 0) is 4.74 Å². The fourth-order valence-corrected chi connectivity index (χ4v) is 6.12. The molecule has 3 aliphatic carbocycles. The van der Waals surface area contributed by atoms with E-state index in [1.54, 1.807) is 5.57 Å². The van der Waals surface area contributed by atoms with Crippen LogP contribution in [-0.4, -0.2) is 35.1 Å². The Morgan fingerprint density at radius 2 is 1.97 bits per heavy atom. The van der Waals surface area contributed by atoms with E-state index < -0.39 is 12.2 Å². The maximum absolute atomic E-state index is 10.1. The van der Waals surface area contributed by atoms with Crippen molar-refractivity contribution in [3.8, 4) is 0 Å². The van der Waals surface area contributed by atoms with Gasteiger partial charge in [-0.3, -0.25) is 0 Å². The number of fused-ring (bicyclic) bond motifs is 1. The van der Waals surface area contributed by atoms with Gasteiger partial charge in [0.1, 0.15) is 0 Å². The van der Waals surface area contributed by atoms with E-state index in [0.29, 0.717) is 42.1 Å². The van der Waals surface area contributed by atoms with Crippen molar-refractivity contribution < 1.29 is 14.9 Å².